The lowest BCUT2D eigenvalue weighted by Crippen LogP contribution is -1.97. The molecule has 0 aliphatic heterocycles. The predicted molar refractivity (Wildman–Crippen MR) is 186 cm³/mol. The zero-order valence-electron chi connectivity index (χ0n) is 31.1. The summed E-state index contributed by atoms with van der Waals surface area (Å²) in [5.74, 6) is 0. The first-order chi connectivity index (χ1) is 24.7. The molecule has 0 N–H and O–H groups in total. The molecule has 0 fully saturated rings. The highest BCUT2D eigenvalue weighted by Crippen LogP contribution is 2.42. The maximum absolute atomic E-state index is 9.32. The zero-order valence-corrected chi connectivity index (χ0v) is 23.1. The average molecular weight is 553 g/mol. The summed E-state index contributed by atoms with van der Waals surface area (Å²) >= 11 is 0. The molecule has 0 nitrogen and oxygen atoms in total. The van der Waals surface area contributed by atoms with E-state index in [2.05, 4.69) is 36.4 Å². The van der Waals surface area contributed by atoms with Gasteiger partial charge in [-0.05, 0) is 99.4 Å². The van der Waals surface area contributed by atoms with E-state index in [1.54, 1.807) is 0 Å². The Balaban J connectivity index is 1.47. The van der Waals surface area contributed by atoms with Crippen LogP contribution in [0.25, 0.3) is 75.8 Å². The lowest BCUT2D eigenvalue weighted by atomic mass is 9.84. The van der Waals surface area contributed by atoms with Crippen LogP contribution in [0.1, 0.15) is 22.1 Å². The van der Waals surface area contributed by atoms with E-state index < -0.39 is 24.2 Å². The topological polar surface area (TPSA) is 0 Å². The normalized spacial score (nSPS) is 14.4. The second-order valence-electron chi connectivity index (χ2n) is 11.1. The Morgan fingerprint density at radius 1 is 0.419 bits per heavy atom. The SMILES string of the molecule is [2H]c1c([2H])c([2H])c2c(-c3ccc4ccccc4c3)c3c([2H])c([2H])c([2H])c([2H])c3c(Cc3cc4ccc5ccccc5c4c4ccccc34)c2c1[2H]. The molecule has 0 amide bonds. The third-order valence-corrected chi connectivity index (χ3v) is 8.72. The van der Waals surface area contributed by atoms with E-state index in [9.17, 15) is 5.48 Å². The molecule has 0 bridgehead atoms. The Hall–Kier alpha value is -5.46. The lowest BCUT2D eigenvalue weighted by Gasteiger charge is -2.19. The first kappa shape index (κ1) is 17.5. The number of benzene rings is 9. The van der Waals surface area contributed by atoms with Crippen molar-refractivity contribution < 1.29 is 11.0 Å². The number of fused-ring (bicyclic) bond motifs is 8. The van der Waals surface area contributed by atoms with Gasteiger partial charge in [-0.1, -0.05) is 151 Å². The van der Waals surface area contributed by atoms with Gasteiger partial charge < -0.3 is 0 Å². The summed E-state index contributed by atoms with van der Waals surface area (Å²) in [7, 11) is 0. The summed E-state index contributed by atoms with van der Waals surface area (Å²) in [6.07, 6.45) is 0.165. The van der Waals surface area contributed by atoms with Crippen LogP contribution in [0.5, 0.6) is 0 Å². The molecule has 0 spiro atoms. The molecule has 43 heavy (non-hydrogen) atoms. The Morgan fingerprint density at radius 3 is 1.72 bits per heavy atom. The maximum Gasteiger partial charge on any atom is 0.0629 e. The van der Waals surface area contributed by atoms with Gasteiger partial charge in [0.25, 0.3) is 0 Å². The van der Waals surface area contributed by atoms with Crippen molar-refractivity contribution >= 4 is 64.6 Å². The quantitative estimate of drug-likeness (QED) is 0.151. The Morgan fingerprint density at radius 2 is 0.977 bits per heavy atom. The van der Waals surface area contributed by atoms with E-state index in [1.807, 2.05) is 72.8 Å². The third kappa shape index (κ3) is 3.77. The van der Waals surface area contributed by atoms with Crippen molar-refractivity contribution in [3.8, 4) is 11.1 Å². The van der Waals surface area contributed by atoms with Gasteiger partial charge in [-0.15, -0.1) is 0 Å². The van der Waals surface area contributed by atoms with Crippen LogP contribution in [0.4, 0.5) is 0 Å². The summed E-state index contributed by atoms with van der Waals surface area (Å²) in [6.45, 7) is 0. The largest absolute Gasteiger partial charge is 0.0629 e. The van der Waals surface area contributed by atoms with Gasteiger partial charge in [0.2, 0.25) is 0 Å². The van der Waals surface area contributed by atoms with Gasteiger partial charge in [-0.2, -0.15) is 0 Å². The fourth-order valence-electron chi connectivity index (χ4n) is 6.81. The smallest absolute Gasteiger partial charge is 0.0616 e. The van der Waals surface area contributed by atoms with Crippen LogP contribution in [0.15, 0.2) is 158 Å². The Kier molecular flexibility index (Phi) is 3.88. The van der Waals surface area contributed by atoms with E-state index in [4.69, 9.17) is 5.48 Å². The van der Waals surface area contributed by atoms with Crippen LogP contribution in [0.2, 0.25) is 0 Å². The highest BCUT2D eigenvalue weighted by atomic mass is 14.2. The number of hydrogen-bond donors (Lipinski definition) is 0. The van der Waals surface area contributed by atoms with Gasteiger partial charge in [-0.3, -0.25) is 0 Å². The number of hydrogen-bond acceptors (Lipinski definition) is 0. The van der Waals surface area contributed by atoms with E-state index >= 15 is 0 Å². The molecule has 200 valence electrons. The van der Waals surface area contributed by atoms with Crippen molar-refractivity contribution in [1.29, 1.82) is 0 Å². The van der Waals surface area contributed by atoms with E-state index in [1.165, 1.54) is 0 Å². The lowest BCUT2D eigenvalue weighted by molar-refractivity contribution is 1.26. The van der Waals surface area contributed by atoms with E-state index in [-0.39, 0.29) is 52.1 Å². The van der Waals surface area contributed by atoms with Gasteiger partial charge in [0.1, 0.15) is 0 Å². The van der Waals surface area contributed by atoms with Crippen LogP contribution in [-0.2, 0) is 6.42 Å². The molecule has 9 rings (SSSR count). The highest BCUT2D eigenvalue weighted by Gasteiger charge is 2.17. The summed E-state index contributed by atoms with van der Waals surface area (Å²) in [6, 6.07) is 33.6. The Bertz CT molecular complexity index is 2900. The van der Waals surface area contributed by atoms with Gasteiger partial charge in [-0.25, -0.2) is 0 Å². The van der Waals surface area contributed by atoms with Crippen molar-refractivity contribution in [1.82, 2.24) is 0 Å². The van der Waals surface area contributed by atoms with E-state index in [0.29, 0.717) is 16.7 Å². The molecule has 0 saturated heterocycles. The average Bonchev–Trinajstić information content (AvgIpc) is 3.16. The van der Waals surface area contributed by atoms with Crippen LogP contribution < -0.4 is 0 Å². The molecular weight excluding hydrogens is 516 g/mol. The van der Waals surface area contributed by atoms with Crippen LogP contribution >= 0.6 is 0 Å². The van der Waals surface area contributed by atoms with Crippen molar-refractivity contribution in [2.24, 2.45) is 0 Å². The molecule has 0 aromatic heterocycles. The molecule has 0 saturated carbocycles. The molecular formula is C43H28. The maximum atomic E-state index is 9.32. The molecule has 0 atom stereocenters. The predicted octanol–water partition coefficient (Wildman–Crippen LogP) is 11.9. The minimum Gasteiger partial charge on any atom is -0.0616 e. The molecule has 0 heteroatoms. The van der Waals surface area contributed by atoms with Gasteiger partial charge >= 0.3 is 0 Å². The second-order valence-corrected chi connectivity index (χ2v) is 11.1. The van der Waals surface area contributed by atoms with Crippen LogP contribution in [0.3, 0.4) is 0 Å². The number of rotatable bonds is 3. The minimum atomic E-state index is -0.399. The second kappa shape index (κ2) is 9.54. The first-order valence-corrected chi connectivity index (χ1v) is 14.4. The molecule has 9 aromatic rings. The summed E-state index contributed by atoms with van der Waals surface area (Å²) in [5.41, 5.74) is 2.29. The van der Waals surface area contributed by atoms with Gasteiger partial charge in [0.15, 0.2) is 0 Å². The van der Waals surface area contributed by atoms with Gasteiger partial charge in [0.05, 0.1) is 11.0 Å². The van der Waals surface area contributed by atoms with Crippen molar-refractivity contribution in [3.05, 3.63) is 169 Å². The first-order valence-electron chi connectivity index (χ1n) is 18.4. The summed E-state index contributed by atoms with van der Waals surface area (Å²) in [4.78, 5) is 0. The zero-order chi connectivity index (χ0) is 35.3. The van der Waals surface area contributed by atoms with Crippen molar-refractivity contribution in [2.45, 2.75) is 6.42 Å². The van der Waals surface area contributed by atoms with E-state index in [0.717, 1.165) is 48.7 Å². The summed E-state index contributed by atoms with van der Waals surface area (Å²) in [5, 5.41) is 9.21. The molecule has 0 radical (unpaired) electrons. The molecule has 9 aromatic carbocycles. The highest BCUT2D eigenvalue weighted by molar-refractivity contribution is 6.21. The monoisotopic (exact) mass is 552 g/mol. The van der Waals surface area contributed by atoms with Crippen molar-refractivity contribution in [3.63, 3.8) is 0 Å². The van der Waals surface area contributed by atoms with Crippen molar-refractivity contribution in [2.75, 3.05) is 0 Å². The molecule has 0 aliphatic rings. The minimum absolute atomic E-state index is 0.165. The fraction of sp³-hybridized carbons (Fsp3) is 0.0233. The molecule has 0 heterocycles. The fourth-order valence-corrected chi connectivity index (χ4v) is 6.81. The summed E-state index contributed by atoms with van der Waals surface area (Å²) < 4.78 is 72.3. The van der Waals surface area contributed by atoms with Gasteiger partial charge in [0, 0.05) is 0 Å². The van der Waals surface area contributed by atoms with Crippen LogP contribution in [-0.4, -0.2) is 0 Å². The Labute approximate surface area is 261 Å². The van der Waals surface area contributed by atoms with Crippen LogP contribution in [0, 0.1) is 0 Å². The molecule has 0 unspecified atom stereocenters. The third-order valence-electron chi connectivity index (χ3n) is 8.72. The molecule has 0 aliphatic carbocycles. The standard InChI is InChI=1S/C43H28/c1-2-13-30-25-31(23-21-28(30)11-1)43-39-19-9-6-16-36(39)41(37-17-7-10-20-40(37)43)27-33-26-32-24-22-29-12-3-4-15-35(29)42(32)38-18-8-5-14-34(33)38/h1-26H,27H2/i6D,7D,9D,10D,16D,17D,19D,20D.